The second-order valence-electron chi connectivity index (χ2n) is 5.66. The van der Waals surface area contributed by atoms with Gasteiger partial charge in [0, 0.05) is 11.1 Å². The van der Waals surface area contributed by atoms with Gasteiger partial charge < -0.3 is 5.73 Å². The number of benzene rings is 4. The van der Waals surface area contributed by atoms with Gasteiger partial charge in [0.15, 0.2) is 0 Å². The molecule has 0 radical (unpaired) electrons. The Bertz CT molecular complexity index is 971. The lowest BCUT2D eigenvalue weighted by Crippen LogP contribution is -1.90. The summed E-state index contributed by atoms with van der Waals surface area (Å²) in [4.78, 5) is 0. The van der Waals surface area contributed by atoms with Gasteiger partial charge in [0.1, 0.15) is 0 Å². The molecule has 1 heteroatoms. The van der Waals surface area contributed by atoms with Crippen LogP contribution in [0.25, 0.3) is 33.0 Å². The largest absolute Gasteiger partial charge is 0.398 e. The van der Waals surface area contributed by atoms with Gasteiger partial charge >= 0.3 is 0 Å². The minimum atomic E-state index is 0.821. The highest BCUT2D eigenvalue weighted by molar-refractivity contribution is 6.05. The summed E-state index contributed by atoms with van der Waals surface area (Å²) in [6.07, 6.45) is 0. The summed E-state index contributed by atoms with van der Waals surface area (Å²) in [5.41, 5.74) is 11.9. The Morgan fingerprint density at radius 1 is 0.435 bits per heavy atom. The van der Waals surface area contributed by atoms with Crippen LogP contribution in [0, 0.1) is 0 Å². The molecule has 4 aromatic rings. The van der Waals surface area contributed by atoms with E-state index in [0.717, 1.165) is 11.1 Å². The highest BCUT2D eigenvalue weighted by Crippen LogP contribution is 2.37. The van der Waals surface area contributed by atoms with Crippen molar-refractivity contribution in [2.24, 2.45) is 0 Å². The number of fused-ring (bicyclic) bond motifs is 1. The molecule has 1 nitrogen and oxygen atoms in total. The third-order valence-electron chi connectivity index (χ3n) is 4.26. The van der Waals surface area contributed by atoms with Crippen LogP contribution in [0.15, 0.2) is 91.0 Å². The monoisotopic (exact) mass is 295 g/mol. The van der Waals surface area contributed by atoms with E-state index in [1.165, 1.54) is 27.6 Å². The minimum Gasteiger partial charge on any atom is -0.398 e. The Morgan fingerprint density at radius 3 is 1.83 bits per heavy atom. The molecule has 4 rings (SSSR count). The van der Waals surface area contributed by atoms with Crippen molar-refractivity contribution in [3.8, 4) is 22.3 Å². The summed E-state index contributed by atoms with van der Waals surface area (Å²) in [6.45, 7) is 0. The van der Waals surface area contributed by atoms with Crippen LogP contribution in [0.1, 0.15) is 0 Å². The molecular formula is C22H17N. The second kappa shape index (κ2) is 5.62. The third-order valence-corrected chi connectivity index (χ3v) is 4.26. The van der Waals surface area contributed by atoms with Crippen molar-refractivity contribution in [1.29, 1.82) is 0 Å². The molecule has 0 atom stereocenters. The van der Waals surface area contributed by atoms with Gasteiger partial charge in [-0.15, -0.1) is 0 Å². The molecule has 0 aliphatic carbocycles. The first-order valence-electron chi connectivity index (χ1n) is 7.76. The minimum absolute atomic E-state index is 0.821. The van der Waals surface area contributed by atoms with Gasteiger partial charge in [-0.3, -0.25) is 0 Å². The van der Waals surface area contributed by atoms with Crippen molar-refractivity contribution in [2.45, 2.75) is 0 Å². The van der Waals surface area contributed by atoms with Crippen LogP contribution in [0.4, 0.5) is 5.69 Å². The van der Waals surface area contributed by atoms with Crippen molar-refractivity contribution in [1.82, 2.24) is 0 Å². The maximum Gasteiger partial charge on any atom is 0.0394 e. The molecule has 110 valence electrons. The molecule has 0 aliphatic rings. The number of anilines is 1. The van der Waals surface area contributed by atoms with Gasteiger partial charge in [-0.2, -0.15) is 0 Å². The lowest BCUT2D eigenvalue weighted by Gasteiger charge is -2.13. The van der Waals surface area contributed by atoms with Crippen molar-refractivity contribution in [3.63, 3.8) is 0 Å². The average Bonchev–Trinajstić information content (AvgIpc) is 2.63. The Labute approximate surface area is 136 Å². The first kappa shape index (κ1) is 13.6. The average molecular weight is 295 g/mol. The Morgan fingerprint density at radius 2 is 1.04 bits per heavy atom. The fourth-order valence-electron chi connectivity index (χ4n) is 3.14. The van der Waals surface area contributed by atoms with E-state index in [2.05, 4.69) is 72.8 Å². The van der Waals surface area contributed by atoms with Crippen molar-refractivity contribution in [2.75, 3.05) is 5.73 Å². The summed E-state index contributed by atoms with van der Waals surface area (Å²) >= 11 is 0. The van der Waals surface area contributed by atoms with Gasteiger partial charge in [0.2, 0.25) is 0 Å². The summed E-state index contributed by atoms with van der Waals surface area (Å²) in [5.74, 6) is 0. The van der Waals surface area contributed by atoms with Crippen LogP contribution in [-0.4, -0.2) is 0 Å². The van der Waals surface area contributed by atoms with E-state index in [-0.39, 0.29) is 0 Å². The van der Waals surface area contributed by atoms with E-state index < -0.39 is 0 Å². The van der Waals surface area contributed by atoms with E-state index in [0.29, 0.717) is 0 Å². The molecule has 0 amide bonds. The molecule has 0 aromatic heterocycles. The van der Waals surface area contributed by atoms with Gasteiger partial charge in [-0.05, 0) is 33.7 Å². The summed E-state index contributed by atoms with van der Waals surface area (Å²) < 4.78 is 0. The predicted molar refractivity (Wildman–Crippen MR) is 99.2 cm³/mol. The molecule has 0 saturated heterocycles. The second-order valence-corrected chi connectivity index (χ2v) is 5.66. The first-order chi connectivity index (χ1) is 11.3. The number of nitrogen functional groups attached to an aromatic ring is 1. The van der Waals surface area contributed by atoms with Crippen molar-refractivity contribution < 1.29 is 0 Å². The van der Waals surface area contributed by atoms with Crippen LogP contribution < -0.4 is 5.73 Å². The zero-order valence-corrected chi connectivity index (χ0v) is 12.7. The number of nitrogens with two attached hydrogens (primary N) is 1. The van der Waals surface area contributed by atoms with Crippen LogP contribution in [0.5, 0.6) is 0 Å². The normalized spacial score (nSPS) is 10.8. The fourth-order valence-corrected chi connectivity index (χ4v) is 3.14. The van der Waals surface area contributed by atoms with Crippen LogP contribution in [-0.2, 0) is 0 Å². The maximum absolute atomic E-state index is 6.15. The Balaban J connectivity index is 2.02. The topological polar surface area (TPSA) is 26.0 Å². The third kappa shape index (κ3) is 2.36. The Hall–Kier alpha value is -3.06. The van der Waals surface area contributed by atoms with Crippen LogP contribution in [0.3, 0.4) is 0 Å². The molecule has 0 saturated carbocycles. The molecule has 0 fully saturated rings. The Kier molecular flexibility index (Phi) is 3.32. The molecule has 23 heavy (non-hydrogen) atoms. The lowest BCUT2D eigenvalue weighted by molar-refractivity contribution is 1.60. The molecule has 4 aromatic carbocycles. The smallest absolute Gasteiger partial charge is 0.0394 e. The summed E-state index contributed by atoms with van der Waals surface area (Å²) in [6, 6.07) is 31.5. The van der Waals surface area contributed by atoms with Crippen molar-refractivity contribution >= 4 is 16.5 Å². The zero-order valence-electron chi connectivity index (χ0n) is 12.7. The van der Waals surface area contributed by atoms with E-state index >= 15 is 0 Å². The summed E-state index contributed by atoms with van der Waals surface area (Å²) in [5, 5.41) is 2.30. The number of hydrogen-bond acceptors (Lipinski definition) is 1. The maximum atomic E-state index is 6.15. The summed E-state index contributed by atoms with van der Waals surface area (Å²) in [7, 11) is 0. The van der Waals surface area contributed by atoms with Crippen LogP contribution >= 0.6 is 0 Å². The molecule has 0 unspecified atom stereocenters. The highest BCUT2D eigenvalue weighted by atomic mass is 14.5. The lowest BCUT2D eigenvalue weighted by atomic mass is 9.91. The predicted octanol–water partition coefficient (Wildman–Crippen LogP) is 5.76. The van der Waals surface area contributed by atoms with E-state index in [4.69, 9.17) is 5.73 Å². The molecule has 0 bridgehead atoms. The van der Waals surface area contributed by atoms with Gasteiger partial charge in [0.25, 0.3) is 0 Å². The fraction of sp³-hybridized carbons (Fsp3) is 0. The quantitative estimate of drug-likeness (QED) is 0.468. The number of hydrogen-bond donors (Lipinski definition) is 1. The first-order valence-corrected chi connectivity index (χ1v) is 7.76. The molecular weight excluding hydrogens is 278 g/mol. The molecule has 2 N–H and O–H groups in total. The van der Waals surface area contributed by atoms with Crippen LogP contribution in [0.2, 0.25) is 0 Å². The highest BCUT2D eigenvalue weighted by Gasteiger charge is 2.10. The SMILES string of the molecule is Nc1ccc(-c2ccccc2-c2ccccc2)c2ccccc12. The van der Waals surface area contributed by atoms with E-state index in [9.17, 15) is 0 Å². The van der Waals surface area contributed by atoms with Gasteiger partial charge in [-0.1, -0.05) is 84.9 Å². The molecule has 0 heterocycles. The molecule has 0 spiro atoms. The zero-order chi connectivity index (χ0) is 15.6. The standard InChI is InChI=1S/C22H17N/c23-22-15-14-20(19-12-6-7-13-21(19)22)18-11-5-4-10-17(18)16-8-2-1-3-9-16/h1-15H,23H2. The van der Waals surface area contributed by atoms with Gasteiger partial charge in [0.05, 0.1) is 0 Å². The van der Waals surface area contributed by atoms with E-state index in [1.54, 1.807) is 0 Å². The van der Waals surface area contributed by atoms with Crippen molar-refractivity contribution in [3.05, 3.63) is 91.0 Å². The van der Waals surface area contributed by atoms with Gasteiger partial charge in [-0.25, -0.2) is 0 Å². The number of rotatable bonds is 2. The van der Waals surface area contributed by atoms with E-state index in [1.807, 2.05) is 18.2 Å². The molecule has 0 aliphatic heterocycles.